The molecule has 0 saturated carbocycles. The molecule has 2 aromatic carbocycles. The Morgan fingerprint density at radius 3 is 2.05 bits per heavy atom. The lowest BCUT2D eigenvalue weighted by molar-refractivity contribution is 0.145. The second-order valence-corrected chi connectivity index (χ2v) is 5.24. The van der Waals surface area contributed by atoms with Crippen molar-refractivity contribution in [2.75, 3.05) is 19.6 Å². The minimum Gasteiger partial charge on any atom is -0.465 e. The van der Waals surface area contributed by atoms with Gasteiger partial charge in [-0.3, -0.25) is 0 Å². The molecule has 4 nitrogen and oxygen atoms in total. The first kappa shape index (κ1) is 13.6. The zero-order chi connectivity index (χ0) is 14.8. The molecule has 2 aromatic rings. The van der Waals surface area contributed by atoms with E-state index in [1.807, 2.05) is 24.3 Å². The highest BCUT2D eigenvalue weighted by molar-refractivity contribution is 5.79. The van der Waals surface area contributed by atoms with Crippen LogP contribution >= 0.6 is 0 Å². The molecule has 1 aliphatic rings. The van der Waals surface area contributed by atoms with Crippen molar-refractivity contribution in [1.29, 1.82) is 0 Å². The maximum absolute atomic E-state index is 11.4. The molecule has 108 valence electrons. The van der Waals surface area contributed by atoms with Gasteiger partial charge in [0, 0.05) is 25.6 Å². The van der Waals surface area contributed by atoms with Gasteiger partial charge in [-0.2, -0.15) is 0 Å². The summed E-state index contributed by atoms with van der Waals surface area (Å²) in [4.78, 5) is 12.8. The molecule has 0 spiro atoms. The van der Waals surface area contributed by atoms with Crippen molar-refractivity contribution in [2.45, 2.75) is 5.92 Å². The largest absolute Gasteiger partial charge is 0.465 e. The molecule has 0 heterocycles. The molecule has 1 amide bonds. The Hall–Kier alpha value is -2.33. The third-order valence-electron chi connectivity index (χ3n) is 4.04. The zero-order valence-electron chi connectivity index (χ0n) is 11.7. The lowest BCUT2D eigenvalue weighted by Crippen LogP contribution is -2.37. The average molecular weight is 282 g/mol. The first-order chi connectivity index (χ1) is 10.2. The van der Waals surface area contributed by atoms with Crippen molar-refractivity contribution in [3.05, 3.63) is 59.7 Å². The Bertz CT molecular complexity index is 624. The molecule has 0 atom stereocenters. The highest BCUT2D eigenvalue weighted by Crippen LogP contribution is 2.44. The number of nitrogens with two attached hydrogens (primary N) is 1. The van der Waals surface area contributed by atoms with Crippen LogP contribution in [0.3, 0.4) is 0 Å². The van der Waals surface area contributed by atoms with E-state index in [1.54, 1.807) is 0 Å². The van der Waals surface area contributed by atoms with Gasteiger partial charge in [0.05, 0.1) is 0 Å². The standard InChI is InChI=1S/C17H18N2O2/c18-9-10-19(17(20)21)11-16-14-7-3-1-5-12(14)13-6-2-4-8-15(13)16/h1-8,16H,9-11,18H2,(H,20,21). The molecule has 4 heteroatoms. The fourth-order valence-corrected chi connectivity index (χ4v) is 3.10. The van der Waals surface area contributed by atoms with Gasteiger partial charge in [0.25, 0.3) is 0 Å². The number of benzene rings is 2. The molecule has 21 heavy (non-hydrogen) atoms. The SMILES string of the molecule is NCCN(CC1c2ccccc2-c2ccccc21)C(=O)O. The van der Waals surface area contributed by atoms with Gasteiger partial charge in [0.2, 0.25) is 0 Å². The molecule has 0 unspecified atom stereocenters. The molecule has 3 rings (SSSR count). The van der Waals surface area contributed by atoms with Crippen LogP contribution in [0.25, 0.3) is 11.1 Å². The average Bonchev–Trinajstić information content (AvgIpc) is 2.81. The molecule has 0 aromatic heterocycles. The van der Waals surface area contributed by atoms with Crippen LogP contribution in [0, 0.1) is 0 Å². The number of hydrogen-bond donors (Lipinski definition) is 2. The lowest BCUT2D eigenvalue weighted by Gasteiger charge is -2.23. The van der Waals surface area contributed by atoms with Crippen molar-refractivity contribution in [2.24, 2.45) is 5.73 Å². The molecule has 0 bridgehead atoms. The van der Waals surface area contributed by atoms with Gasteiger partial charge < -0.3 is 15.7 Å². The number of carboxylic acid groups (broad SMARTS) is 1. The number of amides is 1. The van der Waals surface area contributed by atoms with Gasteiger partial charge in [-0.05, 0) is 22.3 Å². The highest BCUT2D eigenvalue weighted by atomic mass is 16.4. The topological polar surface area (TPSA) is 66.6 Å². The van der Waals surface area contributed by atoms with Crippen LogP contribution < -0.4 is 5.73 Å². The van der Waals surface area contributed by atoms with Crippen LogP contribution in [0.2, 0.25) is 0 Å². The lowest BCUT2D eigenvalue weighted by atomic mass is 9.96. The number of nitrogens with zero attached hydrogens (tertiary/aromatic N) is 1. The molecule has 0 radical (unpaired) electrons. The smallest absolute Gasteiger partial charge is 0.407 e. The summed E-state index contributed by atoms with van der Waals surface area (Å²) in [5, 5.41) is 9.33. The van der Waals surface area contributed by atoms with E-state index in [4.69, 9.17) is 5.73 Å². The summed E-state index contributed by atoms with van der Waals surface area (Å²) in [5.74, 6) is 0.0834. The maximum atomic E-state index is 11.4. The van der Waals surface area contributed by atoms with E-state index in [0.29, 0.717) is 19.6 Å². The number of rotatable bonds is 4. The Balaban J connectivity index is 2.00. The van der Waals surface area contributed by atoms with Crippen molar-refractivity contribution >= 4 is 6.09 Å². The fraction of sp³-hybridized carbons (Fsp3) is 0.235. The first-order valence-electron chi connectivity index (χ1n) is 7.08. The number of hydrogen-bond acceptors (Lipinski definition) is 2. The predicted molar refractivity (Wildman–Crippen MR) is 82.4 cm³/mol. The summed E-state index contributed by atoms with van der Waals surface area (Å²) in [6, 6.07) is 16.4. The third kappa shape index (κ3) is 2.38. The molecule has 0 saturated heterocycles. The fourth-order valence-electron chi connectivity index (χ4n) is 3.10. The van der Waals surface area contributed by atoms with E-state index < -0.39 is 6.09 Å². The summed E-state index contributed by atoms with van der Waals surface area (Å²) < 4.78 is 0. The molecule has 1 aliphatic carbocycles. The van der Waals surface area contributed by atoms with E-state index in [0.717, 1.165) is 0 Å². The van der Waals surface area contributed by atoms with Gasteiger partial charge in [-0.1, -0.05) is 48.5 Å². The molecule has 0 fully saturated rings. The van der Waals surface area contributed by atoms with Gasteiger partial charge in [0.1, 0.15) is 0 Å². The second-order valence-electron chi connectivity index (χ2n) is 5.24. The Morgan fingerprint density at radius 2 is 1.57 bits per heavy atom. The number of carbonyl (C=O) groups is 1. The van der Waals surface area contributed by atoms with Gasteiger partial charge in [-0.25, -0.2) is 4.79 Å². The Labute approximate surface area is 123 Å². The van der Waals surface area contributed by atoms with E-state index in [9.17, 15) is 9.90 Å². The number of fused-ring (bicyclic) bond motifs is 3. The molecule has 0 aliphatic heterocycles. The summed E-state index contributed by atoms with van der Waals surface area (Å²) in [7, 11) is 0. The summed E-state index contributed by atoms with van der Waals surface area (Å²) in [6.07, 6.45) is -0.915. The highest BCUT2D eigenvalue weighted by Gasteiger charge is 2.30. The van der Waals surface area contributed by atoms with E-state index in [2.05, 4.69) is 24.3 Å². The summed E-state index contributed by atoms with van der Waals surface area (Å²) >= 11 is 0. The van der Waals surface area contributed by atoms with Crippen LogP contribution in [0.5, 0.6) is 0 Å². The second kappa shape index (κ2) is 5.58. The third-order valence-corrected chi connectivity index (χ3v) is 4.04. The quantitative estimate of drug-likeness (QED) is 0.906. The molecular weight excluding hydrogens is 264 g/mol. The van der Waals surface area contributed by atoms with Gasteiger partial charge in [0.15, 0.2) is 0 Å². The maximum Gasteiger partial charge on any atom is 0.407 e. The van der Waals surface area contributed by atoms with Crippen LogP contribution in [0.15, 0.2) is 48.5 Å². The molecule has 3 N–H and O–H groups in total. The zero-order valence-corrected chi connectivity index (χ0v) is 11.7. The monoisotopic (exact) mass is 282 g/mol. The van der Waals surface area contributed by atoms with Gasteiger partial charge >= 0.3 is 6.09 Å². The minimum atomic E-state index is -0.915. The minimum absolute atomic E-state index is 0.0834. The van der Waals surface area contributed by atoms with E-state index in [1.165, 1.54) is 27.2 Å². The Morgan fingerprint density at radius 1 is 1.05 bits per heavy atom. The predicted octanol–water partition coefficient (Wildman–Crippen LogP) is 2.74. The summed E-state index contributed by atoms with van der Waals surface area (Å²) in [6.45, 7) is 1.14. The van der Waals surface area contributed by atoms with Crippen LogP contribution in [0.4, 0.5) is 4.79 Å². The summed E-state index contributed by atoms with van der Waals surface area (Å²) in [5.41, 5.74) is 10.3. The van der Waals surface area contributed by atoms with Gasteiger partial charge in [-0.15, -0.1) is 0 Å². The Kier molecular flexibility index (Phi) is 3.62. The van der Waals surface area contributed by atoms with Crippen molar-refractivity contribution in [1.82, 2.24) is 4.90 Å². The van der Waals surface area contributed by atoms with E-state index >= 15 is 0 Å². The van der Waals surface area contributed by atoms with E-state index in [-0.39, 0.29) is 5.92 Å². The van der Waals surface area contributed by atoms with Crippen LogP contribution in [-0.2, 0) is 0 Å². The van der Waals surface area contributed by atoms with Crippen LogP contribution in [0.1, 0.15) is 17.0 Å². The van der Waals surface area contributed by atoms with Crippen LogP contribution in [-0.4, -0.2) is 35.7 Å². The van der Waals surface area contributed by atoms with Crippen molar-refractivity contribution < 1.29 is 9.90 Å². The van der Waals surface area contributed by atoms with Crippen molar-refractivity contribution in [3.8, 4) is 11.1 Å². The van der Waals surface area contributed by atoms with Crippen molar-refractivity contribution in [3.63, 3.8) is 0 Å². The first-order valence-corrected chi connectivity index (χ1v) is 7.08. The molecular formula is C17H18N2O2. The normalized spacial score (nSPS) is 12.8.